The van der Waals surface area contributed by atoms with E-state index in [0.717, 1.165) is 11.1 Å². The molecule has 6 nitrogen and oxygen atoms in total. The molecule has 0 atom stereocenters. The Hall–Kier alpha value is -0.760. The van der Waals surface area contributed by atoms with E-state index in [-0.39, 0.29) is 39.6 Å². The maximum atomic E-state index is 9.33. The van der Waals surface area contributed by atoms with E-state index in [1.165, 1.54) is 0 Å². The van der Waals surface area contributed by atoms with E-state index >= 15 is 0 Å². The van der Waals surface area contributed by atoms with Crippen LogP contribution in [0.3, 0.4) is 0 Å². The lowest BCUT2D eigenvalue weighted by Crippen LogP contribution is -2.40. The van der Waals surface area contributed by atoms with Crippen LogP contribution in [-0.4, -0.2) is 49.9 Å². The molecule has 0 heterocycles. The third-order valence-electron chi connectivity index (χ3n) is 2.18. The maximum Gasteiger partial charge on any atom is 0.103 e. The van der Waals surface area contributed by atoms with Crippen LogP contribution in [0.2, 0.25) is 0 Å². The van der Waals surface area contributed by atoms with Crippen molar-refractivity contribution in [3.8, 4) is 0 Å². The highest BCUT2D eigenvalue weighted by Gasteiger charge is 2.31. The van der Waals surface area contributed by atoms with Crippen molar-refractivity contribution in [2.24, 2.45) is 5.41 Å². The van der Waals surface area contributed by atoms with E-state index in [0.29, 0.717) is 0 Å². The quantitative estimate of drug-likeness (QED) is 0.240. The minimum atomic E-state index is -0.982. The second kappa shape index (κ2) is 10.1. The van der Waals surface area contributed by atoms with Crippen molar-refractivity contribution in [1.82, 2.24) is 0 Å². The standard InChI is InChI=1S/C13H24O6/c1-11(2)5-16-18-9-13(7-14,8-15)10-19-17-6-12(3)4/h14-15H,1,3,5-10H2,2,4H3. The van der Waals surface area contributed by atoms with E-state index < -0.39 is 5.41 Å². The maximum absolute atomic E-state index is 9.33. The van der Waals surface area contributed by atoms with Crippen LogP contribution >= 0.6 is 0 Å². The van der Waals surface area contributed by atoms with Gasteiger partial charge < -0.3 is 10.2 Å². The van der Waals surface area contributed by atoms with Gasteiger partial charge in [0.1, 0.15) is 13.2 Å². The highest BCUT2D eigenvalue weighted by Crippen LogP contribution is 2.17. The topological polar surface area (TPSA) is 77.4 Å². The minimum absolute atomic E-state index is 0.0241. The Morgan fingerprint density at radius 3 is 1.47 bits per heavy atom. The fourth-order valence-electron chi connectivity index (χ4n) is 0.892. The highest BCUT2D eigenvalue weighted by molar-refractivity contribution is 4.87. The van der Waals surface area contributed by atoms with Gasteiger partial charge in [-0.2, -0.15) is 0 Å². The van der Waals surface area contributed by atoms with E-state index in [1.54, 1.807) is 13.8 Å². The number of rotatable bonds is 12. The fraction of sp³-hybridized carbons (Fsp3) is 0.692. The van der Waals surface area contributed by atoms with Gasteiger partial charge in [0.05, 0.1) is 31.8 Å². The van der Waals surface area contributed by atoms with Crippen molar-refractivity contribution in [3.63, 3.8) is 0 Å². The van der Waals surface area contributed by atoms with Crippen molar-refractivity contribution in [2.45, 2.75) is 13.8 Å². The zero-order valence-corrected chi connectivity index (χ0v) is 11.7. The van der Waals surface area contributed by atoms with Crippen LogP contribution in [0, 0.1) is 5.41 Å². The van der Waals surface area contributed by atoms with E-state index in [2.05, 4.69) is 13.2 Å². The predicted molar refractivity (Wildman–Crippen MR) is 70.0 cm³/mol. The third-order valence-corrected chi connectivity index (χ3v) is 2.18. The lowest BCUT2D eigenvalue weighted by molar-refractivity contribution is -0.341. The second-order valence-electron chi connectivity index (χ2n) is 4.78. The molecule has 6 heteroatoms. The van der Waals surface area contributed by atoms with E-state index in [1.807, 2.05) is 0 Å². The molecule has 0 aliphatic rings. The van der Waals surface area contributed by atoms with Gasteiger partial charge in [0.15, 0.2) is 0 Å². The largest absolute Gasteiger partial charge is 0.396 e. The van der Waals surface area contributed by atoms with Crippen LogP contribution in [0.5, 0.6) is 0 Å². The first-order valence-electron chi connectivity index (χ1n) is 5.95. The molecule has 0 rings (SSSR count). The molecule has 2 N–H and O–H groups in total. The molecule has 0 aliphatic carbocycles. The average Bonchev–Trinajstić information content (AvgIpc) is 2.37. The number of aliphatic hydroxyl groups excluding tert-OH is 2. The highest BCUT2D eigenvalue weighted by atomic mass is 17.2. The van der Waals surface area contributed by atoms with Crippen LogP contribution in [0.4, 0.5) is 0 Å². The SMILES string of the molecule is C=C(C)COOCC(CO)(CO)COOCC(=C)C. The Balaban J connectivity index is 4.03. The van der Waals surface area contributed by atoms with Crippen molar-refractivity contribution in [3.05, 3.63) is 24.3 Å². The first-order valence-corrected chi connectivity index (χ1v) is 5.95. The van der Waals surface area contributed by atoms with Crippen LogP contribution in [-0.2, 0) is 19.6 Å². The van der Waals surface area contributed by atoms with E-state index in [9.17, 15) is 10.2 Å². The third kappa shape index (κ3) is 8.88. The molecule has 0 aromatic heterocycles. The summed E-state index contributed by atoms with van der Waals surface area (Å²) >= 11 is 0. The smallest absolute Gasteiger partial charge is 0.103 e. The summed E-state index contributed by atoms with van der Waals surface area (Å²) in [5.74, 6) is 0. The van der Waals surface area contributed by atoms with Crippen molar-refractivity contribution < 1.29 is 29.8 Å². The summed E-state index contributed by atoms with van der Waals surface area (Å²) in [7, 11) is 0. The van der Waals surface area contributed by atoms with Gasteiger partial charge in [0, 0.05) is 0 Å². The van der Waals surface area contributed by atoms with Crippen LogP contribution in [0.1, 0.15) is 13.8 Å². The average molecular weight is 276 g/mol. The molecule has 19 heavy (non-hydrogen) atoms. The summed E-state index contributed by atoms with van der Waals surface area (Å²) in [5, 5.41) is 18.7. The first kappa shape index (κ1) is 18.2. The van der Waals surface area contributed by atoms with Gasteiger partial charge in [0.2, 0.25) is 0 Å². The molecule has 0 aromatic rings. The van der Waals surface area contributed by atoms with Gasteiger partial charge >= 0.3 is 0 Å². The second-order valence-corrected chi connectivity index (χ2v) is 4.78. The molecule has 0 spiro atoms. The molecular formula is C13H24O6. The Morgan fingerprint density at radius 1 is 0.842 bits per heavy atom. The molecule has 0 fully saturated rings. The summed E-state index contributed by atoms with van der Waals surface area (Å²) in [5.41, 5.74) is 0.628. The van der Waals surface area contributed by atoms with Crippen LogP contribution in [0.25, 0.3) is 0 Å². The minimum Gasteiger partial charge on any atom is -0.396 e. The number of hydrogen-bond donors (Lipinski definition) is 2. The molecule has 0 unspecified atom stereocenters. The molecule has 0 amide bonds. The van der Waals surface area contributed by atoms with Gasteiger partial charge in [-0.25, -0.2) is 19.6 Å². The predicted octanol–water partition coefficient (Wildman–Crippen LogP) is 1.01. The Morgan fingerprint density at radius 2 is 1.21 bits per heavy atom. The fourth-order valence-corrected chi connectivity index (χ4v) is 0.892. The molecule has 0 saturated heterocycles. The summed E-state index contributed by atoms with van der Waals surface area (Å²) in [6.45, 7) is 10.7. The van der Waals surface area contributed by atoms with Crippen molar-refractivity contribution in [2.75, 3.05) is 39.6 Å². The van der Waals surface area contributed by atoms with Gasteiger partial charge in [-0.1, -0.05) is 24.3 Å². The number of hydrogen-bond acceptors (Lipinski definition) is 6. The van der Waals surface area contributed by atoms with Gasteiger partial charge in [-0.3, -0.25) is 0 Å². The molecule has 0 bridgehead atoms. The van der Waals surface area contributed by atoms with E-state index in [4.69, 9.17) is 19.6 Å². The summed E-state index contributed by atoms with van der Waals surface area (Å²) in [6.07, 6.45) is 0. The van der Waals surface area contributed by atoms with Gasteiger partial charge in [0.25, 0.3) is 0 Å². The molecule has 0 radical (unpaired) electrons. The Bertz CT molecular complexity index is 248. The lowest BCUT2D eigenvalue weighted by Gasteiger charge is -2.27. The Kier molecular flexibility index (Phi) is 9.68. The molecule has 0 saturated carbocycles. The Labute approximate surface area is 114 Å². The van der Waals surface area contributed by atoms with Crippen LogP contribution in [0.15, 0.2) is 24.3 Å². The summed E-state index contributed by atoms with van der Waals surface area (Å²) < 4.78 is 0. The monoisotopic (exact) mass is 276 g/mol. The van der Waals surface area contributed by atoms with Gasteiger partial charge in [-0.05, 0) is 13.8 Å². The van der Waals surface area contributed by atoms with Crippen molar-refractivity contribution >= 4 is 0 Å². The molecule has 112 valence electrons. The van der Waals surface area contributed by atoms with Crippen molar-refractivity contribution in [1.29, 1.82) is 0 Å². The number of aliphatic hydroxyl groups is 2. The summed E-state index contributed by atoms with van der Waals surface area (Å²) in [4.78, 5) is 19.6. The molecule has 0 aromatic carbocycles. The molecule has 0 aliphatic heterocycles. The normalized spacial score (nSPS) is 11.6. The zero-order chi connectivity index (χ0) is 14.7. The first-order chi connectivity index (χ1) is 8.95. The van der Waals surface area contributed by atoms with Gasteiger partial charge in [-0.15, -0.1) is 0 Å². The summed E-state index contributed by atoms with van der Waals surface area (Å²) in [6, 6.07) is 0. The molecular weight excluding hydrogens is 252 g/mol. The lowest BCUT2D eigenvalue weighted by atomic mass is 9.93. The zero-order valence-electron chi connectivity index (χ0n) is 11.7. The van der Waals surface area contributed by atoms with Crippen LogP contribution < -0.4 is 0 Å².